The largest absolute Gasteiger partial charge is 0.354 e. The quantitative estimate of drug-likeness (QED) is 0.493. The first kappa shape index (κ1) is 19.7. The first-order valence-corrected chi connectivity index (χ1v) is 11.7. The van der Waals surface area contributed by atoms with Crippen molar-refractivity contribution in [3.05, 3.63) is 85.2 Å². The predicted octanol–water partition coefficient (Wildman–Crippen LogP) is 3.81. The van der Waals surface area contributed by atoms with Crippen LogP contribution in [0.2, 0.25) is 0 Å². The maximum Gasteiger partial charge on any atom is 0.243 e. The summed E-state index contributed by atoms with van der Waals surface area (Å²) >= 11 is 0. The number of aromatic nitrogens is 2. The van der Waals surface area contributed by atoms with Crippen LogP contribution < -0.4 is 4.90 Å². The summed E-state index contributed by atoms with van der Waals surface area (Å²) in [5, 5.41) is 1.96. The Morgan fingerprint density at radius 1 is 0.710 bits per heavy atom. The molecule has 0 atom stereocenters. The summed E-state index contributed by atoms with van der Waals surface area (Å²) in [6.45, 7) is 2.00. The summed E-state index contributed by atoms with van der Waals surface area (Å²) in [5.74, 6) is 0.816. The highest BCUT2D eigenvalue weighted by Crippen LogP contribution is 2.25. The SMILES string of the molecule is O=S(=O)(c1ccc2ccccc2c1)N1CCN(c2cc(-c3ccccc3)ncn2)CC1. The first-order chi connectivity index (χ1) is 15.1. The number of hydrogen-bond acceptors (Lipinski definition) is 5. The van der Waals surface area contributed by atoms with Crippen molar-refractivity contribution in [1.29, 1.82) is 0 Å². The smallest absolute Gasteiger partial charge is 0.243 e. The van der Waals surface area contributed by atoms with E-state index >= 15 is 0 Å². The second kappa shape index (κ2) is 8.09. The van der Waals surface area contributed by atoms with Crippen LogP contribution in [-0.2, 0) is 10.0 Å². The minimum Gasteiger partial charge on any atom is -0.354 e. The molecule has 1 aromatic heterocycles. The fourth-order valence-electron chi connectivity index (χ4n) is 3.92. The summed E-state index contributed by atoms with van der Waals surface area (Å²) in [5.41, 5.74) is 1.89. The molecule has 5 rings (SSSR count). The second-order valence-electron chi connectivity index (χ2n) is 7.53. The molecule has 0 radical (unpaired) electrons. The molecule has 3 aromatic carbocycles. The van der Waals surface area contributed by atoms with Crippen LogP contribution in [0, 0.1) is 0 Å². The molecule has 1 fully saturated rings. The summed E-state index contributed by atoms with van der Waals surface area (Å²) < 4.78 is 28.0. The molecule has 0 saturated carbocycles. The molecule has 0 N–H and O–H groups in total. The number of benzene rings is 3. The topological polar surface area (TPSA) is 66.4 Å². The fourth-order valence-corrected chi connectivity index (χ4v) is 5.38. The zero-order valence-electron chi connectivity index (χ0n) is 16.9. The Kier molecular flexibility index (Phi) is 5.13. The van der Waals surface area contributed by atoms with Crippen molar-refractivity contribution in [3.63, 3.8) is 0 Å². The first-order valence-electron chi connectivity index (χ1n) is 10.2. The molecule has 0 aliphatic carbocycles. The molecule has 0 bridgehead atoms. The maximum absolute atomic E-state index is 13.2. The van der Waals surface area contributed by atoms with Crippen molar-refractivity contribution >= 4 is 26.6 Å². The Hall–Kier alpha value is -3.29. The van der Waals surface area contributed by atoms with Gasteiger partial charge in [0.2, 0.25) is 10.0 Å². The average Bonchev–Trinajstić information content (AvgIpc) is 2.84. The highest BCUT2D eigenvalue weighted by Gasteiger charge is 2.29. The highest BCUT2D eigenvalue weighted by molar-refractivity contribution is 7.89. The van der Waals surface area contributed by atoms with Crippen LogP contribution in [-0.4, -0.2) is 48.9 Å². The summed E-state index contributed by atoms with van der Waals surface area (Å²) in [6.07, 6.45) is 1.57. The van der Waals surface area contributed by atoms with E-state index in [4.69, 9.17) is 0 Å². The molecule has 1 aliphatic heterocycles. The van der Waals surface area contributed by atoms with Gasteiger partial charge in [-0.25, -0.2) is 18.4 Å². The number of nitrogens with zero attached hydrogens (tertiary/aromatic N) is 4. The van der Waals surface area contributed by atoms with Gasteiger partial charge in [0.1, 0.15) is 12.1 Å². The van der Waals surface area contributed by atoms with Crippen molar-refractivity contribution in [1.82, 2.24) is 14.3 Å². The van der Waals surface area contributed by atoms with Gasteiger partial charge in [0.05, 0.1) is 10.6 Å². The fraction of sp³-hybridized carbons (Fsp3) is 0.167. The van der Waals surface area contributed by atoms with E-state index in [1.165, 1.54) is 0 Å². The zero-order chi connectivity index (χ0) is 21.3. The van der Waals surface area contributed by atoms with E-state index < -0.39 is 10.0 Å². The molecule has 0 amide bonds. The van der Waals surface area contributed by atoms with Gasteiger partial charge < -0.3 is 4.90 Å². The molecule has 31 heavy (non-hydrogen) atoms. The summed E-state index contributed by atoms with van der Waals surface area (Å²) in [4.78, 5) is 11.2. The van der Waals surface area contributed by atoms with Gasteiger partial charge in [-0.2, -0.15) is 4.31 Å². The Balaban J connectivity index is 1.33. The van der Waals surface area contributed by atoms with E-state index in [9.17, 15) is 8.42 Å². The van der Waals surface area contributed by atoms with Gasteiger partial charge in [0, 0.05) is 37.8 Å². The van der Waals surface area contributed by atoms with Gasteiger partial charge in [-0.1, -0.05) is 60.7 Å². The monoisotopic (exact) mass is 430 g/mol. The van der Waals surface area contributed by atoms with Gasteiger partial charge in [-0.3, -0.25) is 0 Å². The summed E-state index contributed by atoms with van der Waals surface area (Å²) in [6, 6.07) is 25.0. The van der Waals surface area contributed by atoms with E-state index in [1.54, 1.807) is 22.8 Å². The number of sulfonamides is 1. The molecule has 1 saturated heterocycles. The van der Waals surface area contributed by atoms with E-state index in [0.717, 1.165) is 27.8 Å². The van der Waals surface area contributed by atoms with Crippen LogP contribution in [0.4, 0.5) is 5.82 Å². The maximum atomic E-state index is 13.2. The third kappa shape index (κ3) is 3.89. The minimum absolute atomic E-state index is 0.341. The lowest BCUT2D eigenvalue weighted by Gasteiger charge is -2.34. The number of hydrogen-bond donors (Lipinski definition) is 0. The Morgan fingerprint density at radius 2 is 1.42 bits per heavy atom. The van der Waals surface area contributed by atoms with Crippen molar-refractivity contribution in [2.45, 2.75) is 4.90 Å². The van der Waals surface area contributed by atoms with E-state index in [0.29, 0.717) is 31.1 Å². The van der Waals surface area contributed by atoms with Gasteiger partial charge in [0.15, 0.2) is 0 Å². The van der Waals surface area contributed by atoms with Crippen molar-refractivity contribution < 1.29 is 8.42 Å². The lowest BCUT2D eigenvalue weighted by molar-refractivity contribution is 0.384. The molecular formula is C24H22N4O2S. The van der Waals surface area contributed by atoms with Crippen LogP contribution in [0.5, 0.6) is 0 Å². The number of rotatable bonds is 4. The van der Waals surface area contributed by atoms with Gasteiger partial charge in [-0.15, -0.1) is 0 Å². The Labute approximate surface area is 181 Å². The summed E-state index contributed by atoms with van der Waals surface area (Å²) in [7, 11) is -3.54. The van der Waals surface area contributed by atoms with Crippen LogP contribution in [0.25, 0.3) is 22.0 Å². The van der Waals surface area contributed by atoms with Crippen molar-refractivity contribution in [2.24, 2.45) is 0 Å². The molecule has 1 aliphatic rings. The molecule has 0 spiro atoms. The van der Waals surface area contributed by atoms with Crippen molar-refractivity contribution in [3.8, 4) is 11.3 Å². The molecule has 2 heterocycles. The van der Waals surface area contributed by atoms with Crippen LogP contribution in [0.3, 0.4) is 0 Å². The van der Waals surface area contributed by atoms with Gasteiger partial charge in [-0.05, 0) is 22.9 Å². The molecule has 0 unspecified atom stereocenters. The van der Waals surface area contributed by atoms with E-state index in [-0.39, 0.29) is 0 Å². The Bertz CT molecular complexity index is 1320. The number of fused-ring (bicyclic) bond motifs is 1. The minimum atomic E-state index is -3.54. The lowest BCUT2D eigenvalue weighted by Crippen LogP contribution is -2.48. The molecule has 156 valence electrons. The van der Waals surface area contributed by atoms with Crippen LogP contribution in [0.1, 0.15) is 0 Å². The highest BCUT2D eigenvalue weighted by atomic mass is 32.2. The van der Waals surface area contributed by atoms with Crippen molar-refractivity contribution in [2.75, 3.05) is 31.1 Å². The molecule has 6 nitrogen and oxygen atoms in total. The second-order valence-corrected chi connectivity index (χ2v) is 9.47. The number of piperazine rings is 1. The third-order valence-corrected chi connectivity index (χ3v) is 7.54. The molecule has 4 aromatic rings. The average molecular weight is 431 g/mol. The van der Waals surface area contributed by atoms with E-state index in [2.05, 4.69) is 14.9 Å². The zero-order valence-corrected chi connectivity index (χ0v) is 17.7. The van der Waals surface area contributed by atoms with Gasteiger partial charge in [0.25, 0.3) is 0 Å². The lowest BCUT2D eigenvalue weighted by atomic mass is 10.1. The molecule has 7 heteroatoms. The predicted molar refractivity (Wildman–Crippen MR) is 122 cm³/mol. The Morgan fingerprint density at radius 3 is 2.19 bits per heavy atom. The number of anilines is 1. The third-order valence-electron chi connectivity index (χ3n) is 5.64. The standard InChI is InChI=1S/C24H22N4O2S/c29-31(30,22-11-10-19-6-4-5-9-21(19)16-22)28-14-12-27(13-15-28)24-17-23(25-18-26-24)20-7-2-1-3-8-20/h1-11,16-18H,12-15H2. The normalized spacial score (nSPS) is 15.3. The van der Waals surface area contributed by atoms with Crippen LogP contribution >= 0.6 is 0 Å². The van der Waals surface area contributed by atoms with Crippen LogP contribution in [0.15, 0.2) is 90.1 Å². The van der Waals surface area contributed by atoms with Gasteiger partial charge >= 0.3 is 0 Å². The molecular weight excluding hydrogens is 408 g/mol. The van der Waals surface area contributed by atoms with E-state index in [1.807, 2.05) is 66.7 Å².